The Bertz CT molecular complexity index is 1090. The Kier molecular flexibility index (Phi) is 6.04. The molecule has 2 aromatic carbocycles. The van der Waals surface area contributed by atoms with Crippen LogP contribution in [0.1, 0.15) is 16.7 Å². The highest BCUT2D eigenvalue weighted by molar-refractivity contribution is 8.14. The topological polar surface area (TPSA) is 73.2 Å². The predicted octanol–water partition coefficient (Wildman–Crippen LogP) is 3.72. The van der Waals surface area contributed by atoms with Gasteiger partial charge in [0.25, 0.3) is 0 Å². The molecule has 3 rings (SSSR count). The number of aryl methyl sites for hydroxylation is 1. The summed E-state index contributed by atoms with van der Waals surface area (Å²) >= 11 is 7.57. The van der Waals surface area contributed by atoms with E-state index in [1.54, 1.807) is 18.0 Å². The first kappa shape index (κ1) is 22.1. The Morgan fingerprint density at radius 3 is 2.59 bits per heavy atom. The zero-order valence-corrected chi connectivity index (χ0v) is 19.4. The van der Waals surface area contributed by atoms with Gasteiger partial charge >= 0.3 is 0 Å². The molecule has 1 unspecified atom stereocenters. The maximum Gasteiger partial charge on any atom is 0.244 e. The van der Waals surface area contributed by atoms with Crippen LogP contribution in [0.5, 0.6) is 0 Å². The number of benzene rings is 2. The van der Waals surface area contributed by atoms with Crippen molar-refractivity contribution in [3.63, 3.8) is 0 Å². The van der Waals surface area contributed by atoms with Crippen LogP contribution in [-0.2, 0) is 15.7 Å². The number of nitrogens with zero attached hydrogens (tertiary/aromatic N) is 3. The number of hydrogen-bond donors (Lipinski definition) is 1. The second-order valence-corrected chi connectivity index (χ2v) is 10.7. The average molecular weight is 454 g/mol. The molecule has 29 heavy (non-hydrogen) atoms. The van der Waals surface area contributed by atoms with Crippen LogP contribution in [0, 0.1) is 13.8 Å². The fourth-order valence-electron chi connectivity index (χ4n) is 3.01. The number of rotatable bonds is 4. The molecule has 1 fully saturated rings. The number of halogens is 1. The molecule has 1 N–H and O–H groups in total. The van der Waals surface area contributed by atoms with Crippen LogP contribution >= 0.6 is 23.4 Å². The number of thioether (sulfide) groups is 1. The minimum atomic E-state index is -3.74. The lowest BCUT2D eigenvalue weighted by molar-refractivity contribution is -0.0349. The highest BCUT2D eigenvalue weighted by atomic mass is 35.5. The predicted molar refractivity (Wildman–Crippen MR) is 119 cm³/mol. The van der Waals surface area contributed by atoms with E-state index in [1.165, 1.54) is 38.0 Å². The summed E-state index contributed by atoms with van der Waals surface area (Å²) in [7, 11) is 0.895. The highest BCUT2D eigenvalue weighted by Gasteiger charge is 2.43. The zero-order chi connectivity index (χ0) is 21.6. The van der Waals surface area contributed by atoms with Gasteiger partial charge in [0.05, 0.1) is 16.5 Å². The fourth-order valence-corrected chi connectivity index (χ4v) is 5.60. The minimum absolute atomic E-state index is 0.0339. The van der Waals surface area contributed by atoms with Crippen LogP contribution in [0.15, 0.2) is 46.3 Å². The first-order chi connectivity index (χ1) is 13.5. The van der Waals surface area contributed by atoms with Gasteiger partial charge in [0.2, 0.25) is 10.0 Å². The standard InChI is InChI=1S/C20H24ClN3O3S2/c1-13-7-6-8-17(14(13)2)22-19-24(5)20(25,12-28-19)15-9-10-16(21)18(11-15)29(26,27)23(3)4/h6-11,25H,12H2,1-5H3. The molecule has 0 aromatic heterocycles. The van der Waals surface area contributed by atoms with Crippen LogP contribution in [0.25, 0.3) is 0 Å². The minimum Gasteiger partial charge on any atom is -0.366 e. The largest absolute Gasteiger partial charge is 0.366 e. The van der Waals surface area contributed by atoms with Crippen molar-refractivity contribution in [1.82, 2.24) is 9.21 Å². The summed E-state index contributed by atoms with van der Waals surface area (Å²) in [6.45, 7) is 4.04. The normalized spacial score (nSPS) is 21.4. The van der Waals surface area contributed by atoms with Crippen molar-refractivity contribution in [2.45, 2.75) is 24.5 Å². The number of sulfonamides is 1. The van der Waals surface area contributed by atoms with Crippen molar-refractivity contribution in [1.29, 1.82) is 0 Å². The van der Waals surface area contributed by atoms with E-state index in [0.717, 1.165) is 21.1 Å². The number of aliphatic hydroxyl groups is 1. The van der Waals surface area contributed by atoms with Gasteiger partial charge in [-0.25, -0.2) is 17.7 Å². The van der Waals surface area contributed by atoms with Crippen LogP contribution < -0.4 is 0 Å². The zero-order valence-electron chi connectivity index (χ0n) is 17.0. The van der Waals surface area contributed by atoms with Gasteiger partial charge in [-0.1, -0.05) is 41.6 Å². The lowest BCUT2D eigenvalue weighted by Crippen LogP contribution is -2.42. The summed E-state index contributed by atoms with van der Waals surface area (Å²) in [5.41, 5.74) is 2.11. The van der Waals surface area contributed by atoms with E-state index in [2.05, 4.69) is 0 Å². The quantitative estimate of drug-likeness (QED) is 0.763. The summed E-state index contributed by atoms with van der Waals surface area (Å²) in [5.74, 6) is 0.316. The summed E-state index contributed by atoms with van der Waals surface area (Å²) in [4.78, 5) is 6.37. The Morgan fingerprint density at radius 1 is 1.24 bits per heavy atom. The molecule has 6 nitrogen and oxygen atoms in total. The number of amidine groups is 1. The van der Waals surface area contributed by atoms with Gasteiger partial charge in [0.15, 0.2) is 10.9 Å². The van der Waals surface area contributed by atoms with E-state index in [1.807, 2.05) is 32.0 Å². The molecule has 0 bridgehead atoms. The van der Waals surface area contributed by atoms with E-state index in [-0.39, 0.29) is 9.92 Å². The molecule has 2 aromatic rings. The third-order valence-electron chi connectivity index (χ3n) is 5.19. The summed E-state index contributed by atoms with van der Waals surface area (Å²) < 4.78 is 26.3. The van der Waals surface area contributed by atoms with Crippen molar-refractivity contribution in [2.75, 3.05) is 26.9 Å². The Labute approximate surface area is 181 Å². The Balaban J connectivity index is 2.03. The lowest BCUT2D eigenvalue weighted by Gasteiger charge is -2.32. The molecule has 1 atom stereocenters. The van der Waals surface area contributed by atoms with Crippen LogP contribution in [-0.4, -0.2) is 54.8 Å². The second kappa shape index (κ2) is 7.92. The molecule has 1 heterocycles. The second-order valence-electron chi connectivity index (χ2n) is 7.21. The van der Waals surface area contributed by atoms with Crippen LogP contribution in [0.2, 0.25) is 5.02 Å². The van der Waals surface area contributed by atoms with Crippen molar-refractivity contribution < 1.29 is 13.5 Å². The number of hydrogen-bond acceptors (Lipinski definition) is 5. The van der Waals surface area contributed by atoms with Gasteiger partial charge in [0, 0.05) is 26.7 Å². The molecule has 1 aliphatic rings. The molecule has 1 aliphatic heterocycles. The van der Waals surface area contributed by atoms with Crippen molar-refractivity contribution in [3.8, 4) is 0 Å². The van der Waals surface area contributed by atoms with Crippen molar-refractivity contribution in [3.05, 3.63) is 58.1 Å². The molecular weight excluding hydrogens is 430 g/mol. The van der Waals surface area contributed by atoms with E-state index in [0.29, 0.717) is 16.5 Å². The summed E-state index contributed by atoms with van der Waals surface area (Å²) in [5, 5.41) is 12.2. The van der Waals surface area contributed by atoms with Crippen LogP contribution in [0.3, 0.4) is 0 Å². The average Bonchev–Trinajstić information content (AvgIpc) is 2.95. The van der Waals surface area contributed by atoms with Gasteiger partial charge in [-0.15, -0.1) is 0 Å². The maximum absolute atomic E-state index is 12.6. The molecule has 1 saturated heterocycles. The van der Waals surface area contributed by atoms with Gasteiger partial charge in [0.1, 0.15) is 4.90 Å². The van der Waals surface area contributed by atoms with Gasteiger partial charge in [-0.05, 0) is 43.2 Å². The fraction of sp³-hybridized carbons (Fsp3) is 0.350. The molecule has 9 heteroatoms. The van der Waals surface area contributed by atoms with E-state index in [4.69, 9.17) is 16.6 Å². The van der Waals surface area contributed by atoms with Gasteiger partial charge < -0.3 is 10.0 Å². The number of aliphatic imine (C=N–C) groups is 1. The molecule has 0 saturated carbocycles. The summed E-state index contributed by atoms with van der Waals surface area (Å²) in [6.07, 6.45) is 0. The highest BCUT2D eigenvalue weighted by Crippen LogP contribution is 2.40. The summed E-state index contributed by atoms with van der Waals surface area (Å²) in [6, 6.07) is 10.5. The maximum atomic E-state index is 12.6. The third-order valence-corrected chi connectivity index (χ3v) is 8.66. The van der Waals surface area contributed by atoms with Gasteiger partial charge in [-0.3, -0.25) is 0 Å². The first-order valence-corrected chi connectivity index (χ1v) is 11.8. The Morgan fingerprint density at radius 2 is 1.93 bits per heavy atom. The van der Waals surface area contributed by atoms with E-state index in [9.17, 15) is 13.5 Å². The third kappa shape index (κ3) is 3.92. The first-order valence-electron chi connectivity index (χ1n) is 8.95. The van der Waals surface area contributed by atoms with Gasteiger partial charge in [-0.2, -0.15) is 0 Å². The van der Waals surface area contributed by atoms with Crippen molar-refractivity contribution in [2.24, 2.45) is 4.99 Å². The smallest absolute Gasteiger partial charge is 0.244 e. The SMILES string of the molecule is Cc1cccc(N=C2SCC(O)(c3ccc(Cl)c(S(=O)(=O)N(C)C)c3)N2C)c1C. The molecular formula is C20H24ClN3O3S2. The molecule has 156 valence electrons. The molecule has 0 radical (unpaired) electrons. The van der Waals surface area contributed by atoms with Crippen molar-refractivity contribution >= 4 is 44.2 Å². The monoisotopic (exact) mass is 453 g/mol. The van der Waals surface area contributed by atoms with E-state index >= 15 is 0 Å². The lowest BCUT2D eigenvalue weighted by atomic mass is 10.0. The van der Waals surface area contributed by atoms with Crippen LogP contribution in [0.4, 0.5) is 5.69 Å². The molecule has 0 aliphatic carbocycles. The van der Waals surface area contributed by atoms with E-state index < -0.39 is 15.7 Å². The Hall–Kier alpha value is -1.58. The molecule has 0 amide bonds. The molecule has 0 spiro atoms.